The number of rotatable bonds is 7. The average Bonchev–Trinajstić information content (AvgIpc) is 2.73. The van der Waals surface area contributed by atoms with Gasteiger partial charge in [0.2, 0.25) is 11.8 Å². The lowest BCUT2D eigenvalue weighted by Gasteiger charge is -2.36. The standard InChI is InChI=1S/C23H28N2O5S/c1-15(2)29-20-9-6-17(10-24-20)25-22(26)23(3)13-27-21(28-14-23)16-4-7-18(8-5-16)30-19-11-31-12-19/h4-10,15,19,21H,11-14H2,1-3H3,(H,25,26). The van der Waals surface area contributed by atoms with E-state index >= 15 is 0 Å². The number of carbonyl (C=O) groups is 1. The summed E-state index contributed by atoms with van der Waals surface area (Å²) in [5, 5.41) is 2.89. The molecule has 2 aliphatic rings. The first-order valence-corrected chi connectivity index (χ1v) is 11.6. The number of thioether (sulfide) groups is 1. The van der Waals surface area contributed by atoms with E-state index in [0.29, 0.717) is 17.7 Å². The molecule has 0 aliphatic carbocycles. The number of ether oxygens (including phenoxy) is 4. The van der Waals surface area contributed by atoms with Gasteiger partial charge >= 0.3 is 0 Å². The molecule has 0 saturated carbocycles. The van der Waals surface area contributed by atoms with Crippen molar-refractivity contribution < 1.29 is 23.7 Å². The van der Waals surface area contributed by atoms with E-state index in [2.05, 4.69) is 10.3 Å². The van der Waals surface area contributed by atoms with E-state index in [1.807, 2.05) is 56.8 Å². The molecule has 1 aromatic heterocycles. The molecule has 0 bridgehead atoms. The van der Waals surface area contributed by atoms with Gasteiger partial charge in [-0.3, -0.25) is 4.79 Å². The zero-order chi connectivity index (χ0) is 21.8. The fourth-order valence-corrected chi connectivity index (χ4v) is 3.72. The van der Waals surface area contributed by atoms with Gasteiger partial charge in [0.25, 0.3) is 0 Å². The van der Waals surface area contributed by atoms with Crippen LogP contribution in [0.5, 0.6) is 11.6 Å². The van der Waals surface area contributed by atoms with Crippen molar-refractivity contribution in [2.45, 2.75) is 39.3 Å². The first-order chi connectivity index (χ1) is 14.9. The minimum absolute atomic E-state index is 0.0434. The van der Waals surface area contributed by atoms with Gasteiger partial charge in [-0.2, -0.15) is 11.8 Å². The normalized spacial score (nSPS) is 23.8. The fraction of sp³-hybridized carbons (Fsp3) is 0.478. The average molecular weight is 445 g/mol. The summed E-state index contributed by atoms with van der Waals surface area (Å²) in [5.74, 6) is 3.29. The lowest BCUT2D eigenvalue weighted by molar-refractivity contribution is -0.226. The van der Waals surface area contributed by atoms with Gasteiger partial charge in [0.15, 0.2) is 6.29 Å². The smallest absolute Gasteiger partial charge is 0.235 e. The van der Waals surface area contributed by atoms with Crippen LogP contribution in [0.3, 0.4) is 0 Å². The van der Waals surface area contributed by atoms with Crippen LogP contribution in [0.25, 0.3) is 0 Å². The molecule has 8 heteroatoms. The number of benzene rings is 1. The fourth-order valence-electron chi connectivity index (χ4n) is 3.16. The zero-order valence-corrected chi connectivity index (χ0v) is 18.8. The molecule has 3 heterocycles. The van der Waals surface area contributed by atoms with Crippen molar-refractivity contribution in [3.05, 3.63) is 48.2 Å². The quantitative estimate of drug-likeness (QED) is 0.690. The van der Waals surface area contributed by atoms with Gasteiger partial charge in [0.05, 0.1) is 36.6 Å². The summed E-state index contributed by atoms with van der Waals surface area (Å²) in [7, 11) is 0. The summed E-state index contributed by atoms with van der Waals surface area (Å²) in [6, 6.07) is 11.3. The molecule has 0 spiro atoms. The van der Waals surface area contributed by atoms with Crippen LogP contribution in [0.15, 0.2) is 42.6 Å². The second-order valence-corrected chi connectivity index (χ2v) is 9.44. The van der Waals surface area contributed by atoms with Crippen molar-refractivity contribution in [3.8, 4) is 11.6 Å². The minimum Gasteiger partial charge on any atom is -0.489 e. The Hall–Kier alpha value is -2.29. The molecule has 7 nitrogen and oxygen atoms in total. The molecule has 0 radical (unpaired) electrons. The molecule has 31 heavy (non-hydrogen) atoms. The van der Waals surface area contributed by atoms with Gasteiger partial charge in [-0.05, 0) is 39.0 Å². The Balaban J connectivity index is 1.29. The van der Waals surface area contributed by atoms with Crippen LogP contribution >= 0.6 is 11.8 Å². The highest BCUT2D eigenvalue weighted by molar-refractivity contribution is 8.00. The first-order valence-electron chi connectivity index (χ1n) is 10.4. The maximum absolute atomic E-state index is 12.8. The summed E-state index contributed by atoms with van der Waals surface area (Å²) >= 11 is 1.89. The van der Waals surface area contributed by atoms with Crippen LogP contribution < -0.4 is 14.8 Å². The van der Waals surface area contributed by atoms with Crippen LogP contribution in [0.4, 0.5) is 5.69 Å². The maximum Gasteiger partial charge on any atom is 0.235 e. The SMILES string of the molecule is CC(C)Oc1ccc(NC(=O)C2(C)COC(c3ccc(OC4CSC4)cc3)OC2)cn1. The molecule has 2 aromatic rings. The monoisotopic (exact) mass is 444 g/mol. The number of anilines is 1. The van der Waals surface area contributed by atoms with Gasteiger partial charge in [-0.1, -0.05) is 12.1 Å². The zero-order valence-electron chi connectivity index (χ0n) is 18.0. The topological polar surface area (TPSA) is 78.9 Å². The third kappa shape index (κ3) is 5.50. The second kappa shape index (κ2) is 9.46. The Morgan fingerprint density at radius 2 is 1.87 bits per heavy atom. The molecular formula is C23H28N2O5S. The van der Waals surface area contributed by atoms with Gasteiger partial charge < -0.3 is 24.3 Å². The van der Waals surface area contributed by atoms with E-state index in [9.17, 15) is 4.79 Å². The molecule has 0 atom stereocenters. The predicted octanol–water partition coefficient (Wildman–Crippen LogP) is 4.05. The van der Waals surface area contributed by atoms with Crippen LogP contribution in [0.2, 0.25) is 0 Å². The molecule has 2 saturated heterocycles. The summed E-state index contributed by atoms with van der Waals surface area (Å²) in [6.07, 6.45) is 1.44. The Labute approximate surface area is 186 Å². The molecule has 1 amide bonds. The number of nitrogens with zero attached hydrogens (tertiary/aromatic N) is 1. The van der Waals surface area contributed by atoms with E-state index in [-0.39, 0.29) is 25.2 Å². The number of hydrogen-bond acceptors (Lipinski definition) is 7. The first kappa shape index (κ1) is 21.9. The highest BCUT2D eigenvalue weighted by Gasteiger charge is 2.40. The largest absolute Gasteiger partial charge is 0.489 e. The Kier molecular flexibility index (Phi) is 6.69. The lowest BCUT2D eigenvalue weighted by Crippen LogP contribution is -2.45. The van der Waals surface area contributed by atoms with Crippen molar-refractivity contribution in [2.24, 2.45) is 5.41 Å². The van der Waals surface area contributed by atoms with Gasteiger partial charge in [0, 0.05) is 23.1 Å². The van der Waals surface area contributed by atoms with Crippen molar-refractivity contribution in [2.75, 3.05) is 30.0 Å². The predicted molar refractivity (Wildman–Crippen MR) is 120 cm³/mol. The molecular weight excluding hydrogens is 416 g/mol. The van der Waals surface area contributed by atoms with Gasteiger partial charge in [-0.15, -0.1) is 0 Å². The third-order valence-electron chi connectivity index (χ3n) is 5.07. The van der Waals surface area contributed by atoms with E-state index in [0.717, 1.165) is 22.8 Å². The number of aromatic nitrogens is 1. The molecule has 1 N–H and O–H groups in total. The number of carbonyl (C=O) groups excluding carboxylic acids is 1. The summed E-state index contributed by atoms with van der Waals surface area (Å²) in [5.41, 5.74) is 0.710. The number of pyridine rings is 1. The third-order valence-corrected chi connectivity index (χ3v) is 6.28. The maximum atomic E-state index is 12.8. The van der Waals surface area contributed by atoms with Crippen LogP contribution in [0, 0.1) is 5.41 Å². The van der Waals surface area contributed by atoms with Gasteiger partial charge in [-0.25, -0.2) is 4.98 Å². The van der Waals surface area contributed by atoms with E-state index in [1.54, 1.807) is 18.3 Å². The van der Waals surface area contributed by atoms with Crippen LogP contribution in [-0.4, -0.2) is 47.8 Å². The number of amides is 1. The molecule has 0 unspecified atom stereocenters. The molecule has 2 fully saturated rings. The highest BCUT2D eigenvalue weighted by atomic mass is 32.2. The van der Waals surface area contributed by atoms with E-state index in [4.69, 9.17) is 18.9 Å². The van der Waals surface area contributed by atoms with Crippen molar-refractivity contribution in [3.63, 3.8) is 0 Å². The second-order valence-electron chi connectivity index (χ2n) is 8.37. The van der Waals surface area contributed by atoms with Gasteiger partial charge in [0.1, 0.15) is 11.9 Å². The Morgan fingerprint density at radius 1 is 1.16 bits per heavy atom. The minimum atomic E-state index is -0.797. The summed E-state index contributed by atoms with van der Waals surface area (Å²) in [4.78, 5) is 17.0. The summed E-state index contributed by atoms with van der Waals surface area (Å²) in [6.45, 7) is 6.21. The van der Waals surface area contributed by atoms with E-state index < -0.39 is 11.7 Å². The number of hydrogen-bond donors (Lipinski definition) is 1. The number of nitrogens with one attached hydrogen (secondary N) is 1. The highest BCUT2D eigenvalue weighted by Crippen LogP contribution is 2.33. The van der Waals surface area contributed by atoms with E-state index in [1.165, 1.54) is 0 Å². The molecule has 166 valence electrons. The van der Waals surface area contributed by atoms with Crippen LogP contribution in [-0.2, 0) is 14.3 Å². The Bertz CT molecular complexity index is 876. The molecule has 2 aliphatic heterocycles. The van der Waals surface area contributed by atoms with Crippen LogP contribution in [0.1, 0.15) is 32.6 Å². The van der Waals surface area contributed by atoms with Crippen molar-refractivity contribution in [1.29, 1.82) is 0 Å². The Morgan fingerprint density at radius 3 is 2.42 bits per heavy atom. The van der Waals surface area contributed by atoms with Crippen molar-refractivity contribution in [1.82, 2.24) is 4.98 Å². The molecule has 1 aromatic carbocycles. The lowest BCUT2D eigenvalue weighted by atomic mass is 9.90. The van der Waals surface area contributed by atoms with Crippen molar-refractivity contribution >= 4 is 23.4 Å². The molecule has 4 rings (SSSR count). The summed E-state index contributed by atoms with van der Waals surface area (Å²) < 4.78 is 23.2.